The summed E-state index contributed by atoms with van der Waals surface area (Å²) in [5.74, 6) is -0.618. The molecule has 1 atom stereocenters. The number of aromatic nitrogens is 2. The lowest BCUT2D eigenvalue weighted by molar-refractivity contribution is -0.119. The van der Waals surface area contributed by atoms with E-state index in [-0.39, 0.29) is 17.3 Å². The summed E-state index contributed by atoms with van der Waals surface area (Å²) in [6.45, 7) is 1.85. The average molecular weight is 407 g/mol. The van der Waals surface area contributed by atoms with Crippen LogP contribution in [0.5, 0.6) is 0 Å². The second kappa shape index (κ2) is 7.97. The third kappa shape index (κ3) is 3.69. The Morgan fingerprint density at radius 3 is 2.59 bits per heavy atom. The molecule has 0 aliphatic heterocycles. The molecule has 2 aromatic carbocycles. The molecule has 146 valence electrons. The predicted octanol–water partition coefficient (Wildman–Crippen LogP) is 4.85. The number of hydrogen-bond donors (Lipinski definition) is 1. The normalized spacial score (nSPS) is 12.1. The Bertz CT molecular complexity index is 1220. The number of amides is 1. The molecule has 0 saturated heterocycles. The van der Waals surface area contributed by atoms with Gasteiger partial charge in [0.2, 0.25) is 5.91 Å². The third-order valence-electron chi connectivity index (χ3n) is 4.74. The maximum Gasteiger partial charge on any atom is 0.263 e. The number of thiophene rings is 1. The van der Waals surface area contributed by atoms with Gasteiger partial charge < -0.3 is 5.32 Å². The number of hydrogen-bond acceptors (Lipinski definition) is 4. The number of para-hydroxylation sites is 1. The molecule has 7 heteroatoms. The van der Waals surface area contributed by atoms with E-state index in [1.165, 1.54) is 34.4 Å². The van der Waals surface area contributed by atoms with Gasteiger partial charge in [-0.3, -0.25) is 14.2 Å². The summed E-state index contributed by atoms with van der Waals surface area (Å²) in [7, 11) is 0. The van der Waals surface area contributed by atoms with Crippen molar-refractivity contribution in [2.45, 2.75) is 19.4 Å². The standard InChI is InChI=1S/C22H18FN3O2S/c1-2-18(20(27)25-16-6-4-3-5-7-16)26-13-24-21-19(22(26)28)17(12-29-21)14-8-10-15(23)11-9-14/h3-13,18H,2H2,1H3,(H,25,27). The van der Waals surface area contributed by atoms with Gasteiger partial charge in [-0.2, -0.15) is 0 Å². The van der Waals surface area contributed by atoms with E-state index in [4.69, 9.17) is 0 Å². The molecular weight excluding hydrogens is 389 g/mol. The van der Waals surface area contributed by atoms with Gasteiger partial charge in [-0.1, -0.05) is 37.3 Å². The Labute approximate surface area is 170 Å². The van der Waals surface area contributed by atoms with Crippen LogP contribution in [0.2, 0.25) is 0 Å². The maximum absolute atomic E-state index is 13.3. The van der Waals surface area contributed by atoms with Crippen LogP contribution >= 0.6 is 11.3 Å². The second-order valence-electron chi connectivity index (χ2n) is 6.57. The highest BCUT2D eigenvalue weighted by atomic mass is 32.1. The van der Waals surface area contributed by atoms with Gasteiger partial charge in [0.15, 0.2) is 0 Å². The summed E-state index contributed by atoms with van der Waals surface area (Å²) in [5.41, 5.74) is 1.80. The van der Waals surface area contributed by atoms with Crippen LogP contribution in [-0.4, -0.2) is 15.5 Å². The fourth-order valence-corrected chi connectivity index (χ4v) is 4.17. The molecule has 2 aromatic heterocycles. The number of carbonyl (C=O) groups is 1. The van der Waals surface area contributed by atoms with E-state index in [2.05, 4.69) is 10.3 Å². The largest absolute Gasteiger partial charge is 0.324 e. The number of anilines is 1. The highest BCUT2D eigenvalue weighted by molar-refractivity contribution is 7.17. The summed E-state index contributed by atoms with van der Waals surface area (Å²) in [5, 5.41) is 5.12. The minimum Gasteiger partial charge on any atom is -0.324 e. The predicted molar refractivity (Wildman–Crippen MR) is 114 cm³/mol. The Balaban J connectivity index is 1.76. The van der Waals surface area contributed by atoms with Crippen molar-refractivity contribution in [3.05, 3.63) is 82.5 Å². The Kier molecular flexibility index (Phi) is 5.22. The van der Waals surface area contributed by atoms with Crippen molar-refractivity contribution < 1.29 is 9.18 Å². The van der Waals surface area contributed by atoms with Crippen molar-refractivity contribution in [1.29, 1.82) is 0 Å². The zero-order valence-corrected chi connectivity index (χ0v) is 16.4. The van der Waals surface area contributed by atoms with Crippen molar-refractivity contribution in [2.75, 3.05) is 5.32 Å². The van der Waals surface area contributed by atoms with Crippen LogP contribution in [0.3, 0.4) is 0 Å². The van der Waals surface area contributed by atoms with E-state index in [1.54, 1.807) is 24.3 Å². The van der Waals surface area contributed by atoms with Gasteiger partial charge in [-0.05, 0) is 36.2 Å². The molecule has 4 rings (SSSR count). The van der Waals surface area contributed by atoms with Crippen LogP contribution in [0.1, 0.15) is 19.4 Å². The maximum atomic E-state index is 13.3. The molecule has 1 unspecified atom stereocenters. The minimum atomic E-state index is -0.694. The van der Waals surface area contributed by atoms with E-state index >= 15 is 0 Å². The monoisotopic (exact) mass is 407 g/mol. The van der Waals surface area contributed by atoms with E-state index in [0.29, 0.717) is 27.9 Å². The molecule has 0 fully saturated rings. The number of carbonyl (C=O) groups excluding carboxylic acids is 1. The molecule has 0 aliphatic rings. The molecule has 4 aromatic rings. The number of nitrogens with zero attached hydrogens (tertiary/aromatic N) is 2. The second-order valence-corrected chi connectivity index (χ2v) is 7.43. The zero-order valence-electron chi connectivity index (χ0n) is 15.6. The first-order valence-electron chi connectivity index (χ1n) is 9.18. The van der Waals surface area contributed by atoms with Crippen LogP contribution in [0.15, 0.2) is 71.1 Å². The first kappa shape index (κ1) is 19.0. The van der Waals surface area contributed by atoms with Crippen molar-refractivity contribution in [1.82, 2.24) is 9.55 Å². The number of nitrogens with one attached hydrogen (secondary N) is 1. The quantitative estimate of drug-likeness (QED) is 0.514. The fourth-order valence-electron chi connectivity index (χ4n) is 3.26. The molecule has 5 nitrogen and oxygen atoms in total. The van der Waals surface area contributed by atoms with E-state index in [0.717, 1.165) is 5.56 Å². The van der Waals surface area contributed by atoms with Gasteiger partial charge in [-0.25, -0.2) is 9.37 Å². The summed E-state index contributed by atoms with van der Waals surface area (Å²) in [6.07, 6.45) is 1.86. The molecule has 0 spiro atoms. The molecule has 1 N–H and O–H groups in total. The highest BCUT2D eigenvalue weighted by Crippen LogP contribution is 2.31. The molecule has 0 radical (unpaired) electrons. The third-order valence-corrected chi connectivity index (χ3v) is 5.63. The van der Waals surface area contributed by atoms with Crippen LogP contribution in [0, 0.1) is 5.82 Å². The lowest BCUT2D eigenvalue weighted by Gasteiger charge is -2.17. The molecule has 2 heterocycles. The number of fused-ring (bicyclic) bond motifs is 1. The summed E-state index contributed by atoms with van der Waals surface area (Å²) < 4.78 is 14.7. The van der Waals surface area contributed by atoms with Gasteiger partial charge in [0.1, 0.15) is 16.7 Å². The van der Waals surface area contributed by atoms with Crippen molar-refractivity contribution in [2.24, 2.45) is 0 Å². The molecule has 0 bridgehead atoms. The topological polar surface area (TPSA) is 64.0 Å². The first-order valence-corrected chi connectivity index (χ1v) is 10.1. The number of halogens is 1. The van der Waals surface area contributed by atoms with Gasteiger partial charge in [0, 0.05) is 16.6 Å². The van der Waals surface area contributed by atoms with E-state index < -0.39 is 6.04 Å². The molecule has 1 amide bonds. The van der Waals surface area contributed by atoms with Crippen molar-refractivity contribution >= 4 is 33.1 Å². The van der Waals surface area contributed by atoms with Crippen LogP contribution in [0.25, 0.3) is 21.3 Å². The smallest absolute Gasteiger partial charge is 0.263 e. The van der Waals surface area contributed by atoms with Crippen molar-refractivity contribution in [3.63, 3.8) is 0 Å². The minimum absolute atomic E-state index is 0.277. The molecular formula is C22H18FN3O2S. The molecule has 0 saturated carbocycles. The molecule has 0 aliphatic carbocycles. The summed E-state index contributed by atoms with van der Waals surface area (Å²) in [4.78, 5) is 31.1. The van der Waals surface area contributed by atoms with Crippen LogP contribution in [-0.2, 0) is 4.79 Å². The Hall–Kier alpha value is -3.32. The van der Waals surface area contributed by atoms with E-state index in [1.807, 2.05) is 30.5 Å². The Morgan fingerprint density at radius 1 is 1.17 bits per heavy atom. The van der Waals surface area contributed by atoms with Crippen LogP contribution < -0.4 is 10.9 Å². The number of benzene rings is 2. The molecule has 29 heavy (non-hydrogen) atoms. The average Bonchev–Trinajstić information content (AvgIpc) is 3.16. The van der Waals surface area contributed by atoms with Gasteiger partial charge in [0.05, 0.1) is 11.7 Å². The zero-order chi connectivity index (χ0) is 20.4. The Morgan fingerprint density at radius 2 is 1.90 bits per heavy atom. The summed E-state index contributed by atoms with van der Waals surface area (Å²) in [6, 6.07) is 14.4. The van der Waals surface area contributed by atoms with Gasteiger partial charge >= 0.3 is 0 Å². The summed E-state index contributed by atoms with van der Waals surface area (Å²) >= 11 is 1.35. The van der Waals surface area contributed by atoms with Crippen LogP contribution in [0.4, 0.5) is 10.1 Å². The van der Waals surface area contributed by atoms with E-state index in [9.17, 15) is 14.0 Å². The van der Waals surface area contributed by atoms with Crippen molar-refractivity contribution in [3.8, 4) is 11.1 Å². The lowest BCUT2D eigenvalue weighted by atomic mass is 10.1. The van der Waals surface area contributed by atoms with Gasteiger partial charge in [0.25, 0.3) is 5.56 Å². The number of rotatable bonds is 5. The highest BCUT2D eigenvalue weighted by Gasteiger charge is 2.22. The van der Waals surface area contributed by atoms with Gasteiger partial charge in [-0.15, -0.1) is 11.3 Å². The lowest BCUT2D eigenvalue weighted by Crippen LogP contribution is -2.33. The first-order chi connectivity index (χ1) is 14.1. The fraction of sp³-hybridized carbons (Fsp3) is 0.136. The SMILES string of the molecule is CCC(C(=O)Nc1ccccc1)n1cnc2scc(-c3ccc(F)cc3)c2c1=O.